The molecule has 0 unspecified atom stereocenters. The second kappa shape index (κ2) is 9.66. The molecule has 9 heteroatoms. The number of likely N-dealkylation sites (tertiary alicyclic amines) is 1. The average molecular weight is 503 g/mol. The molecule has 1 saturated carbocycles. The molecule has 2 aromatic rings. The van der Waals surface area contributed by atoms with Crippen LogP contribution in [0.2, 0.25) is 0 Å². The maximum atomic E-state index is 13.1. The third-order valence-electron chi connectivity index (χ3n) is 7.55. The van der Waals surface area contributed by atoms with Crippen molar-refractivity contribution in [1.29, 1.82) is 5.26 Å². The van der Waals surface area contributed by atoms with Crippen LogP contribution in [0.15, 0.2) is 36.7 Å². The van der Waals surface area contributed by atoms with Gasteiger partial charge >= 0.3 is 6.09 Å². The van der Waals surface area contributed by atoms with Crippen LogP contribution in [0.25, 0.3) is 0 Å². The SMILES string of the molecule is CC(C)(C)OC(=O)N1CCC(c2ccc(Nc3cc(N4CC[C@@](C#N)(C5CC5)C4=O)ccn3)nc2)CC1. The lowest BCUT2D eigenvalue weighted by molar-refractivity contribution is -0.123. The Morgan fingerprint density at radius 1 is 1.11 bits per heavy atom. The van der Waals surface area contributed by atoms with Crippen molar-refractivity contribution in [2.24, 2.45) is 11.3 Å². The van der Waals surface area contributed by atoms with Crippen molar-refractivity contribution in [3.8, 4) is 6.07 Å². The molecule has 1 atom stereocenters. The molecule has 2 aliphatic heterocycles. The van der Waals surface area contributed by atoms with Crippen LogP contribution in [-0.2, 0) is 9.53 Å². The first-order valence-electron chi connectivity index (χ1n) is 13.1. The van der Waals surface area contributed by atoms with E-state index in [0.717, 1.165) is 36.9 Å². The zero-order valence-corrected chi connectivity index (χ0v) is 21.7. The molecule has 1 aliphatic carbocycles. The number of rotatable bonds is 5. The molecule has 0 spiro atoms. The largest absolute Gasteiger partial charge is 0.444 e. The van der Waals surface area contributed by atoms with Crippen LogP contribution in [-0.4, -0.2) is 52.1 Å². The maximum absolute atomic E-state index is 13.1. The number of nitrogens with one attached hydrogen (secondary N) is 1. The van der Waals surface area contributed by atoms with Gasteiger partial charge in [0.25, 0.3) is 0 Å². The third-order valence-corrected chi connectivity index (χ3v) is 7.55. The Bertz CT molecular complexity index is 1210. The molecule has 194 valence electrons. The Morgan fingerprint density at radius 3 is 2.49 bits per heavy atom. The van der Waals surface area contributed by atoms with E-state index in [1.165, 1.54) is 0 Å². The van der Waals surface area contributed by atoms with Gasteiger partial charge in [-0.2, -0.15) is 5.26 Å². The van der Waals surface area contributed by atoms with Crippen molar-refractivity contribution in [1.82, 2.24) is 14.9 Å². The van der Waals surface area contributed by atoms with Gasteiger partial charge in [0.15, 0.2) is 0 Å². The highest BCUT2D eigenvalue weighted by molar-refractivity contribution is 6.02. The summed E-state index contributed by atoms with van der Waals surface area (Å²) in [6, 6.07) is 9.97. The highest BCUT2D eigenvalue weighted by atomic mass is 16.6. The quantitative estimate of drug-likeness (QED) is 0.613. The van der Waals surface area contributed by atoms with E-state index in [0.29, 0.717) is 43.6 Å². The highest BCUT2D eigenvalue weighted by Crippen LogP contribution is 2.52. The number of nitrogens with zero attached hydrogens (tertiary/aromatic N) is 5. The predicted molar refractivity (Wildman–Crippen MR) is 139 cm³/mol. The lowest BCUT2D eigenvalue weighted by Gasteiger charge is -2.33. The van der Waals surface area contributed by atoms with Gasteiger partial charge in [-0.05, 0) is 82.4 Å². The average Bonchev–Trinajstić information content (AvgIpc) is 3.67. The second-order valence-electron chi connectivity index (χ2n) is 11.3. The summed E-state index contributed by atoms with van der Waals surface area (Å²) in [4.78, 5) is 37.9. The van der Waals surface area contributed by atoms with Crippen LogP contribution >= 0.6 is 0 Å². The minimum atomic E-state index is -0.864. The van der Waals surface area contributed by atoms with E-state index >= 15 is 0 Å². The highest BCUT2D eigenvalue weighted by Gasteiger charge is 2.56. The zero-order valence-electron chi connectivity index (χ0n) is 21.7. The Hall–Kier alpha value is -3.67. The van der Waals surface area contributed by atoms with E-state index < -0.39 is 11.0 Å². The van der Waals surface area contributed by atoms with Crippen LogP contribution < -0.4 is 10.2 Å². The topological polar surface area (TPSA) is 111 Å². The third kappa shape index (κ3) is 5.24. The van der Waals surface area contributed by atoms with Gasteiger partial charge in [0.05, 0.1) is 6.07 Å². The van der Waals surface area contributed by atoms with Crippen molar-refractivity contribution < 1.29 is 14.3 Å². The van der Waals surface area contributed by atoms with Crippen LogP contribution in [0.1, 0.15) is 64.4 Å². The van der Waals surface area contributed by atoms with Gasteiger partial charge < -0.3 is 19.9 Å². The summed E-state index contributed by atoms with van der Waals surface area (Å²) in [6.45, 7) is 7.52. The molecular weight excluding hydrogens is 468 g/mol. The summed E-state index contributed by atoms with van der Waals surface area (Å²) in [5.41, 5.74) is 0.536. The molecule has 1 N–H and O–H groups in total. The first-order valence-corrected chi connectivity index (χ1v) is 13.1. The van der Waals surface area contributed by atoms with Crippen molar-refractivity contribution in [3.63, 3.8) is 0 Å². The fourth-order valence-electron chi connectivity index (χ4n) is 5.36. The van der Waals surface area contributed by atoms with Crippen molar-refractivity contribution in [3.05, 3.63) is 42.2 Å². The predicted octanol–water partition coefficient (Wildman–Crippen LogP) is 4.99. The van der Waals surface area contributed by atoms with Crippen molar-refractivity contribution in [2.45, 2.75) is 64.4 Å². The standard InChI is InChI=1S/C28H34N6O3/c1-27(2,3)37-26(36)33-13-9-19(10-14-33)20-4-7-23(31-17-20)32-24-16-22(8-12-30-24)34-15-11-28(18-29,25(34)35)21-5-6-21/h4,7-8,12,16-17,19,21H,5-6,9-11,13-15H2,1-3H3,(H,30,31,32)/t28-/m1/s1. The van der Waals surface area contributed by atoms with Gasteiger partial charge in [0.1, 0.15) is 22.7 Å². The zero-order chi connectivity index (χ0) is 26.2. The fourth-order valence-corrected chi connectivity index (χ4v) is 5.36. The van der Waals surface area contributed by atoms with E-state index in [2.05, 4.69) is 27.4 Å². The number of hydrogen-bond acceptors (Lipinski definition) is 7. The molecular formula is C28H34N6O3. The summed E-state index contributed by atoms with van der Waals surface area (Å²) in [5.74, 6) is 1.71. The number of pyridine rings is 2. The number of anilines is 3. The van der Waals surface area contributed by atoms with E-state index in [4.69, 9.17) is 4.74 Å². The van der Waals surface area contributed by atoms with Crippen LogP contribution in [0.3, 0.4) is 0 Å². The number of carbonyl (C=O) groups is 2. The number of piperidine rings is 1. The summed E-state index contributed by atoms with van der Waals surface area (Å²) in [5, 5.41) is 13.0. The van der Waals surface area contributed by atoms with Gasteiger partial charge in [-0.15, -0.1) is 0 Å². The van der Waals surface area contributed by atoms with E-state index in [9.17, 15) is 14.9 Å². The lowest BCUT2D eigenvalue weighted by Crippen LogP contribution is -2.41. The molecule has 37 heavy (non-hydrogen) atoms. The number of carbonyl (C=O) groups excluding carboxylic acids is 2. The van der Waals surface area contributed by atoms with Gasteiger partial charge in [-0.1, -0.05) is 6.07 Å². The minimum Gasteiger partial charge on any atom is -0.444 e. The first kappa shape index (κ1) is 25.0. The minimum absolute atomic E-state index is 0.0881. The van der Waals surface area contributed by atoms with Gasteiger partial charge in [-0.25, -0.2) is 14.8 Å². The molecule has 3 fully saturated rings. The fraction of sp³-hybridized carbons (Fsp3) is 0.536. The molecule has 4 heterocycles. The lowest BCUT2D eigenvalue weighted by atomic mass is 9.83. The molecule has 2 amide bonds. The molecule has 0 radical (unpaired) electrons. The normalized spacial score (nSPS) is 22.6. The second-order valence-corrected chi connectivity index (χ2v) is 11.3. The summed E-state index contributed by atoms with van der Waals surface area (Å²) in [6.07, 6.45) is 7.53. The van der Waals surface area contributed by atoms with Gasteiger partial charge in [0.2, 0.25) is 5.91 Å². The van der Waals surface area contributed by atoms with Gasteiger partial charge in [0, 0.05) is 43.8 Å². The molecule has 2 aromatic heterocycles. The van der Waals surface area contributed by atoms with Gasteiger partial charge in [-0.3, -0.25) is 4.79 Å². The van der Waals surface area contributed by atoms with E-state index in [1.807, 2.05) is 45.2 Å². The van der Waals surface area contributed by atoms with Crippen LogP contribution in [0.4, 0.5) is 22.1 Å². The number of hydrogen-bond donors (Lipinski definition) is 1. The van der Waals surface area contributed by atoms with Crippen molar-refractivity contribution >= 4 is 29.3 Å². The van der Waals surface area contributed by atoms with Crippen LogP contribution in [0.5, 0.6) is 0 Å². The molecule has 0 aromatic carbocycles. The Morgan fingerprint density at radius 2 is 1.86 bits per heavy atom. The summed E-state index contributed by atoms with van der Waals surface area (Å²) in [7, 11) is 0. The molecule has 0 bridgehead atoms. The first-order chi connectivity index (χ1) is 17.7. The Kier molecular flexibility index (Phi) is 6.52. The molecule has 2 saturated heterocycles. The van der Waals surface area contributed by atoms with E-state index in [-0.39, 0.29) is 17.9 Å². The smallest absolute Gasteiger partial charge is 0.410 e. The monoisotopic (exact) mass is 502 g/mol. The van der Waals surface area contributed by atoms with Crippen molar-refractivity contribution in [2.75, 3.05) is 29.9 Å². The summed E-state index contributed by atoms with van der Waals surface area (Å²) < 4.78 is 5.49. The number of aromatic nitrogens is 2. The van der Waals surface area contributed by atoms with Crippen LogP contribution in [0, 0.1) is 22.7 Å². The Balaban J connectivity index is 1.19. The molecule has 5 rings (SSSR count). The Labute approximate surface area is 217 Å². The maximum Gasteiger partial charge on any atom is 0.410 e. The van der Waals surface area contributed by atoms with E-state index in [1.54, 1.807) is 16.0 Å². The number of ether oxygens (including phenoxy) is 1. The summed E-state index contributed by atoms with van der Waals surface area (Å²) >= 11 is 0. The number of nitriles is 1. The molecule has 3 aliphatic rings. The molecule has 9 nitrogen and oxygen atoms in total. The number of amides is 2.